The van der Waals surface area contributed by atoms with Gasteiger partial charge in [-0.15, -0.1) is 11.3 Å². The number of nitrogens with zero attached hydrogens (tertiary/aromatic N) is 3. The molecule has 0 saturated heterocycles. The van der Waals surface area contributed by atoms with Gasteiger partial charge in [-0.1, -0.05) is 12.1 Å². The Labute approximate surface area is 192 Å². The van der Waals surface area contributed by atoms with E-state index in [0.29, 0.717) is 11.4 Å². The number of thiophene rings is 1. The Bertz CT molecular complexity index is 1190. The van der Waals surface area contributed by atoms with Crippen molar-refractivity contribution in [2.45, 2.75) is 38.6 Å². The third kappa shape index (κ3) is 4.21. The van der Waals surface area contributed by atoms with Crippen LogP contribution in [-0.4, -0.2) is 16.6 Å². The van der Waals surface area contributed by atoms with Gasteiger partial charge in [-0.25, -0.2) is 0 Å². The van der Waals surface area contributed by atoms with Gasteiger partial charge in [0.05, 0.1) is 17.6 Å². The van der Waals surface area contributed by atoms with E-state index in [1.807, 2.05) is 44.2 Å². The molecule has 0 radical (unpaired) electrons. The predicted molar refractivity (Wildman–Crippen MR) is 128 cm³/mol. The average Bonchev–Trinajstić information content (AvgIpc) is 3.32. The summed E-state index contributed by atoms with van der Waals surface area (Å²) >= 11 is 1.60. The number of aryl methyl sites for hydroxylation is 1. The molecule has 3 aromatic rings. The van der Waals surface area contributed by atoms with E-state index >= 15 is 0 Å². The molecule has 1 aromatic carbocycles. The van der Waals surface area contributed by atoms with Crippen molar-refractivity contribution in [2.75, 3.05) is 0 Å². The van der Waals surface area contributed by atoms with E-state index in [4.69, 9.17) is 10.7 Å². The molecule has 3 heterocycles. The second-order valence-electron chi connectivity index (χ2n) is 8.50. The summed E-state index contributed by atoms with van der Waals surface area (Å²) in [6, 6.07) is 15.9. The molecule has 0 saturated carbocycles. The summed E-state index contributed by atoms with van der Waals surface area (Å²) in [6.45, 7) is 3.88. The number of nitriles is 1. The van der Waals surface area contributed by atoms with Crippen molar-refractivity contribution in [1.82, 2.24) is 4.98 Å². The summed E-state index contributed by atoms with van der Waals surface area (Å²) in [6.07, 6.45) is 6.13. The molecule has 0 amide bonds. The third-order valence-electron chi connectivity index (χ3n) is 6.38. The largest absolute Gasteiger partial charge is 0.387 e. The third-order valence-corrected chi connectivity index (χ3v) is 7.54. The number of aliphatic imine (C=N–C) groups is 1. The van der Waals surface area contributed by atoms with E-state index in [0.717, 1.165) is 35.3 Å². The summed E-state index contributed by atoms with van der Waals surface area (Å²) in [5.41, 5.74) is 9.37. The maximum absolute atomic E-state index is 13.3. The lowest BCUT2D eigenvalue weighted by Gasteiger charge is -2.38. The van der Waals surface area contributed by atoms with Crippen molar-refractivity contribution in [3.8, 4) is 17.2 Å². The fourth-order valence-electron chi connectivity index (χ4n) is 4.40. The van der Waals surface area contributed by atoms with Crippen molar-refractivity contribution in [3.63, 3.8) is 0 Å². The minimum atomic E-state index is -0.693. The average molecular weight is 443 g/mol. The molecule has 0 bridgehead atoms. The van der Waals surface area contributed by atoms with Gasteiger partial charge in [0.1, 0.15) is 17.2 Å². The maximum Gasteiger partial charge on any atom is 0.149 e. The van der Waals surface area contributed by atoms with Crippen LogP contribution in [0.15, 0.2) is 65.2 Å². The Morgan fingerprint density at radius 3 is 2.72 bits per heavy atom. The Morgan fingerprint density at radius 2 is 1.97 bits per heavy atom. The maximum atomic E-state index is 13.3. The quantitative estimate of drug-likeness (QED) is 0.574. The molecule has 162 valence electrons. The molecule has 5 nitrogen and oxygen atoms in total. The number of aromatic nitrogens is 1. The molecular formula is C26H26N4OS. The molecule has 1 aliphatic rings. The molecular weight excluding hydrogens is 416 g/mol. The lowest BCUT2D eigenvalue weighted by atomic mass is 9.72. The smallest absolute Gasteiger partial charge is 0.149 e. The molecule has 6 heteroatoms. The van der Waals surface area contributed by atoms with Gasteiger partial charge < -0.3 is 5.73 Å². The Kier molecular flexibility index (Phi) is 6.20. The van der Waals surface area contributed by atoms with E-state index < -0.39 is 5.54 Å². The molecule has 1 aliphatic heterocycles. The highest BCUT2D eigenvalue weighted by molar-refractivity contribution is 7.10. The van der Waals surface area contributed by atoms with Crippen molar-refractivity contribution >= 4 is 23.0 Å². The molecule has 0 fully saturated rings. The van der Waals surface area contributed by atoms with Gasteiger partial charge in [0.25, 0.3) is 0 Å². The van der Waals surface area contributed by atoms with Gasteiger partial charge in [0.2, 0.25) is 0 Å². The van der Waals surface area contributed by atoms with Crippen LogP contribution < -0.4 is 5.73 Å². The summed E-state index contributed by atoms with van der Waals surface area (Å²) in [5, 5.41) is 11.3. The summed E-state index contributed by atoms with van der Waals surface area (Å²) in [5.74, 6) is -0.0233. The van der Waals surface area contributed by atoms with Crippen LogP contribution >= 0.6 is 11.3 Å². The highest BCUT2D eigenvalue weighted by Gasteiger charge is 2.46. The monoisotopic (exact) mass is 442 g/mol. The number of nitrogens with two attached hydrogens (primary N) is 1. The lowest BCUT2D eigenvalue weighted by molar-refractivity contribution is -0.127. The van der Waals surface area contributed by atoms with Crippen LogP contribution in [0.5, 0.6) is 0 Å². The molecule has 32 heavy (non-hydrogen) atoms. The van der Waals surface area contributed by atoms with Crippen LogP contribution in [0.25, 0.3) is 11.1 Å². The number of rotatable bonds is 6. The minimum absolute atomic E-state index is 0.163. The summed E-state index contributed by atoms with van der Waals surface area (Å²) < 4.78 is 0. The van der Waals surface area contributed by atoms with Crippen LogP contribution in [0.1, 0.15) is 42.7 Å². The zero-order valence-corrected chi connectivity index (χ0v) is 19.1. The first-order chi connectivity index (χ1) is 15.4. The van der Waals surface area contributed by atoms with Gasteiger partial charge >= 0.3 is 0 Å². The van der Waals surface area contributed by atoms with E-state index in [2.05, 4.69) is 22.5 Å². The Balaban J connectivity index is 1.63. The summed E-state index contributed by atoms with van der Waals surface area (Å²) in [4.78, 5) is 23.3. The van der Waals surface area contributed by atoms with Crippen molar-refractivity contribution in [2.24, 2.45) is 22.6 Å². The molecule has 3 atom stereocenters. The van der Waals surface area contributed by atoms with E-state index in [1.165, 1.54) is 5.56 Å². The molecule has 0 aliphatic carbocycles. The van der Waals surface area contributed by atoms with Crippen LogP contribution in [0.3, 0.4) is 0 Å². The fourth-order valence-corrected chi connectivity index (χ4v) is 5.48. The topological polar surface area (TPSA) is 92.1 Å². The standard InChI is InChI=1S/C26H26N4OS/c1-17-24(31)22(8-4-5-18-9-11-29-12-10-18)26(2,30-25(17)28)23-14-21(16-32-23)20-7-3-6-19(13-20)15-27/h3,6-7,9-14,16-17,22H,4-5,8H2,1-2H3,(H2,28,30)/t17?,22?,26-/m0/s1. The van der Waals surface area contributed by atoms with Crippen molar-refractivity contribution in [1.29, 1.82) is 5.26 Å². The van der Waals surface area contributed by atoms with Gasteiger partial charge in [-0.05, 0) is 85.5 Å². The normalized spacial score (nSPS) is 22.9. The molecule has 2 unspecified atom stereocenters. The van der Waals surface area contributed by atoms with Crippen molar-refractivity contribution in [3.05, 3.63) is 76.2 Å². The SMILES string of the molecule is CC1C(=O)C(CCCc2ccncc2)[C@@](C)(c2cc(-c3cccc(C#N)c3)cs2)N=C1N. The summed E-state index contributed by atoms with van der Waals surface area (Å²) in [7, 11) is 0. The van der Waals surface area contributed by atoms with Crippen LogP contribution in [-0.2, 0) is 16.8 Å². The number of amidine groups is 1. The first kappa shape index (κ1) is 21.9. The van der Waals surface area contributed by atoms with E-state index in [1.54, 1.807) is 29.8 Å². The van der Waals surface area contributed by atoms with Gasteiger partial charge in [0.15, 0.2) is 0 Å². The lowest BCUT2D eigenvalue weighted by Crippen LogP contribution is -2.48. The second-order valence-corrected chi connectivity index (χ2v) is 9.41. The number of hydrogen-bond acceptors (Lipinski definition) is 6. The molecule has 2 N–H and O–H groups in total. The first-order valence-corrected chi connectivity index (χ1v) is 11.7. The van der Waals surface area contributed by atoms with Crippen LogP contribution in [0.4, 0.5) is 0 Å². The van der Waals surface area contributed by atoms with E-state index in [-0.39, 0.29) is 17.6 Å². The molecule has 4 rings (SSSR count). The molecule has 2 aromatic heterocycles. The van der Waals surface area contributed by atoms with Crippen LogP contribution in [0.2, 0.25) is 0 Å². The first-order valence-electron chi connectivity index (χ1n) is 10.8. The fraction of sp³-hybridized carbons (Fsp3) is 0.308. The van der Waals surface area contributed by atoms with Crippen LogP contribution in [0, 0.1) is 23.2 Å². The molecule has 0 spiro atoms. The highest BCUT2D eigenvalue weighted by atomic mass is 32.1. The number of ketones is 1. The number of carbonyl (C=O) groups excluding carboxylic acids is 1. The number of carbonyl (C=O) groups is 1. The number of hydrogen-bond donors (Lipinski definition) is 1. The second kappa shape index (κ2) is 9.05. The minimum Gasteiger partial charge on any atom is -0.387 e. The van der Waals surface area contributed by atoms with E-state index in [9.17, 15) is 10.1 Å². The van der Waals surface area contributed by atoms with Gasteiger partial charge in [-0.2, -0.15) is 5.26 Å². The van der Waals surface area contributed by atoms with Gasteiger partial charge in [0, 0.05) is 23.2 Å². The van der Waals surface area contributed by atoms with Gasteiger partial charge in [-0.3, -0.25) is 14.8 Å². The zero-order valence-electron chi connectivity index (χ0n) is 18.3. The predicted octanol–water partition coefficient (Wildman–Crippen LogP) is 5.11. The number of Topliss-reactive ketones (excluding diaryl/α,β-unsaturated/α-hetero) is 1. The number of benzene rings is 1. The van der Waals surface area contributed by atoms with Crippen molar-refractivity contribution < 1.29 is 4.79 Å². The Morgan fingerprint density at radius 1 is 1.19 bits per heavy atom. The number of pyridine rings is 1. The zero-order chi connectivity index (χ0) is 22.7. The highest BCUT2D eigenvalue weighted by Crippen LogP contribution is 2.45. The Hall–Kier alpha value is -3.30.